The highest BCUT2D eigenvalue weighted by molar-refractivity contribution is 6.01. The molecule has 0 bridgehead atoms. The third kappa shape index (κ3) is 7.24. The van der Waals surface area contributed by atoms with Gasteiger partial charge in [0.15, 0.2) is 11.6 Å². The standard InChI is InChI=1S/C42H40N2O4/c1-2-27-42(41(46)43-30-38(33-15-8-4-9-16-33)34-17-10-5-11-18-34)39(35-21-19-32(20-22-35)31-13-6-3-7-14-31)48-40(44-42)36-23-25-37(26-24-36)47-29-12-28-45/h2-11,13-26,38-39,45H,1,12,27-30H2,(H,43,46)/t39-,42-/m1/s1. The molecule has 6 nitrogen and oxygen atoms in total. The summed E-state index contributed by atoms with van der Waals surface area (Å²) < 4.78 is 12.4. The predicted molar refractivity (Wildman–Crippen MR) is 191 cm³/mol. The van der Waals surface area contributed by atoms with Gasteiger partial charge in [0.05, 0.1) is 6.61 Å². The van der Waals surface area contributed by atoms with E-state index in [1.165, 1.54) is 0 Å². The van der Waals surface area contributed by atoms with Crippen molar-refractivity contribution in [3.63, 3.8) is 0 Å². The number of aliphatic hydroxyl groups is 1. The average Bonchev–Trinajstić information content (AvgIpc) is 3.54. The number of aliphatic imine (C=N–C) groups is 1. The molecule has 0 fully saturated rings. The second-order valence-corrected chi connectivity index (χ2v) is 11.9. The Labute approximate surface area is 282 Å². The summed E-state index contributed by atoms with van der Waals surface area (Å²) in [6.45, 7) is 4.91. The molecule has 0 aliphatic carbocycles. The van der Waals surface area contributed by atoms with Crippen LogP contribution in [0.25, 0.3) is 11.1 Å². The average molecular weight is 637 g/mol. The van der Waals surface area contributed by atoms with Crippen molar-refractivity contribution >= 4 is 11.8 Å². The van der Waals surface area contributed by atoms with Gasteiger partial charge in [-0.1, -0.05) is 121 Å². The molecule has 48 heavy (non-hydrogen) atoms. The monoisotopic (exact) mass is 636 g/mol. The highest BCUT2D eigenvalue weighted by Gasteiger charge is 2.52. The van der Waals surface area contributed by atoms with Gasteiger partial charge in [0, 0.05) is 37.5 Å². The van der Waals surface area contributed by atoms with Gasteiger partial charge in [0.2, 0.25) is 5.90 Å². The highest BCUT2D eigenvalue weighted by Crippen LogP contribution is 2.43. The molecule has 2 N–H and O–H groups in total. The first-order chi connectivity index (χ1) is 23.6. The maximum atomic E-state index is 14.6. The van der Waals surface area contributed by atoms with Crippen LogP contribution in [0.3, 0.4) is 0 Å². The summed E-state index contributed by atoms with van der Waals surface area (Å²) in [4.78, 5) is 19.7. The van der Waals surface area contributed by atoms with Gasteiger partial charge in [-0.15, -0.1) is 6.58 Å². The van der Waals surface area contributed by atoms with Crippen molar-refractivity contribution < 1.29 is 19.4 Å². The van der Waals surface area contributed by atoms with Crippen LogP contribution in [0, 0.1) is 0 Å². The van der Waals surface area contributed by atoms with Crippen molar-refractivity contribution in [2.75, 3.05) is 19.8 Å². The molecule has 2 atom stereocenters. The summed E-state index contributed by atoms with van der Waals surface area (Å²) in [5.41, 5.74) is 4.70. The van der Waals surface area contributed by atoms with Crippen LogP contribution in [0.1, 0.15) is 47.1 Å². The first-order valence-corrected chi connectivity index (χ1v) is 16.4. The van der Waals surface area contributed by atoms with Crippen molar-refractivity contribution in [2.24, 2.45) is 4.99 Å². The number of benzene rings is 5. The summed E-state index contributed by atoms with van der Waals surface area (Å²) >= 11 is 0. The smallest absolute Gasteiger partial charge is 0.252 e. The molecule has 0 saturated heterocycles. The van der Waals surface area contributed by atoms with E-state index in [0.717, 1.165) is 33.4 Å². The van der Waals surface area contributed by atoms with Crippen molar-refractivity contribution in [3.05, 3.63) is 174 Å². The van der Waals surface area contributed by atoms with Gasteiger partial charge in [-0.05, 0) is 52.1 Å². The molecule has 1 aliphatic heterocycles. The maximum Gasteiger partial charge on any atom is 0.252 e. The predicted octanol–water partition coefficient (Wildman–Crippen LogP) is 7.90. The Morgan fingerprint density at radius 2 is 1.38 bits per heavy atom. The molecule has 0 unspecified atom stereocenters. The number of aliphatic hydroxyl groups excluding tert-OH is 1. The van der Waals surface area contributed by atoms with Crippen LogP contribution >= 0.6 is 0 Å². The number of nitrogens with zero attached hydrogens (tertiary/aromatic N) is 1. The van der Waals surface area contributed by atoms with Crippen LogP contribution in [0.5, 0.6) is 5.75 Å². The molecule has 1 amide bonds. The van der Waals surface area contributed by atoms with Gasteiger partial charge >= 0.3 is 0 Å². The van der Waals surface area contributed by atoms with Crippen molar-refractivity contribution in [1.82, 2.24) is 5.32 Å². The molecule has 1 aliphatic rings. The number of rotatable bonds is 14. The number of nitrogens with one attached hydrogen (secondary N) is 1. The fraction of sp³-hybridized carbons (Fsp3) is 0.190. The zero-order chi connectivity index (χ0) is 33.2. The molecule has 0 aromatic heterocycles. The van der Waals surface area contributed by atoms with Crippen LogP contribution < -0.4 is 10.1 Å². The minimum absolute atomic E-state index is 0.0510. The number of carbonyl (C=O) groups excluding carboxylic acids is 1. The molecular formula is C42H40N2O4. The third-order valence-corrected chi connectivity index (χ3v) is 8.68. The lowest BCUT2D eigenvalue weighted by Gasteiger charge is -2.30. The second-order valence-electron chi connectivity index (χ2n) is 11.9. The summed E-state index contributed by atoms with van der Waals surface area (Å²) in [5, 5.41) is 12.4. The van der Waals surface area contributed by atoms with Gasteiger partial charge in [-0.25, -0.2) is 4.99 Å². The van der Waals surface area contributed by atoms with Gasteiger partial charge in [0.25, 0.3) is 5.91 Å². The lowest BCUT2D eigenvalue weighted by Crippen LogP contribution is -2.49. The van der Waals surface area contributed by atoms with E-state index in [4.69, 9.17) is 19.6 Å². The van der Waals surface area contributed by atoms with Crippen molar-refractivity contribution in [2.45, 2.75) is 30.4 Å². The van der Waals surface area contributed by atoms with Gasteiger partial charge in [-0.3, -0.25) is 4.79 Å². The largest absolute Gasteiger partial charge is 0.494 e. The Hall–Kier alpha value is -5.46. The first kappa shape index (κ1) is 32.5. The van der Waals surface area contributed by atoms with Crippen molar-refractivity contribution in [1.29, 1.82) is 0 Å². The van der Waals surface area contributed by atoms with Crippen LogP contribution in [-0.2, 0) is 9.53 Å². The minimum atomic E-state index is -1.29. The van der Waals surface area contributed by atoms with Crippen molar-refractivity contribution in [3.8, 4) is 16.9 Å². The normalized spacial score (nSPS) is 17.0. The summed E-state index contributed by atoms with van der Waals surface area (Å²) in [6.07, 6.45) is 1.88. The van der Waals surface area contributed by atoms with E-state index >= 15 is 0 Å². The molecule has 5 aromatic carbocycles. The molecule has 0 radical (unpaired) electrons. The quantitative estimate of drug-likeness (QED) is 0.0960. The Morgan fingerprint density at radius 1 is 0.812 bits per heavy atom. The van der Waals surface area contributed by atoms with Crippen LogP contribution in [0.4, 0.5) is 0 Å². The molecule has 1 heterocycles. The van der Waals surface area contributed by atoms with Crippen LogP contribution in [-0.4, -0.2) is 42.2 Å². The van der Waals surface area contributed by atoms with E-state index in [1.807, 2.05) is 91.0 Å². The van der Waals surface area contributed by atoms with E-state index < -0.39 is 11.6 Å². The number of hydrogen-bond acceptors (Lipinski definition) is 5. The lowest BCUT2D eigenvalue weighted by atomic mass is 9.83. The first-order valence-electron chi connectivity index (χ1n) is 16.4. The molecule has 0 saturated carbocycles. The summed E-state index contributed by atoms with van der Waals surface area (Å²) in [5.74, 6) is 0.788. The Bertz CT molecular complexity index is 1770. The second kappa shape index (κ2) is 15.4. The number of amides is 1. The zero-order valence-electron chi connectivity index (χ0n) is 26.9. The van der Waals surface area contributed by atoms with Gasteiger partial charge in [0.1, 0.15) is 5.75 Å². The summed E-state index contributed by atoms with van der Waals surface area (Å²) in [7, 11) is 0. The van der Waals surface area contributed by atoms with E-state index in [2.05, 4.69) is 60.4 Å². The van der Waals surface area contributed by atoms with Crippen LogP contribution in [0.15, 0.2) is 157 Å². The maximum absolute atomic E-state index is 14.6. The minimum Gasteiger partial charge on any atom is -0.494 e. The third-order valence-electron chi connectivity index (χ3n) is 8.68. The fourth-order valence-electron chi connectivity index (χ4n) is 6.16. The molecular weight excluding hydrogens is 596 g/mol. The molecule has 5 aromatic rings. The van der Waals surface area contributed by atoms with E-state index in [0.29, 0.717) is 31.2 Å². The SMILES string of the molecule is C=CC[C@@]1(C(=O)NCC(c2ccccc2)c2ccccc2)N=C(c2ccc(OCCCO)cc2)O[C@@H]1c1ccc(-c2ccccc2)cc1. The Kier molecular flexibility index (Phi) is 10.4. The fourth-order valence-corrected chi connectivity index (χ4v) is 6.16. The van der Waals surface area contributed by atoms with Gasteiger partial charge < -0.3 is 19.9 Å². The lowest BCUT2D eigenvalue weighted by molar-refractivity contribution is -0.128. The van der Waals surface area contributed by atoms with Gasteiger partial charge in [-0.2, -0.15) is 0 Å². The Balaban J connectivity index is 1.34. The number of ether oxygens (including phenoxy) is 2. The molecule has 242 valence electrons. The summed E-state index contributed by atoms with van der Waals surface area (Å²) in [6, 6.07) is 46.2. The highest BCUT2D eigenvalue weighted by atomic mass is 16.5. The molecule has 0 spiro atoms. The van der Waals surface area contributed by atoms with E-state index in [1.54, 1.807) is 6.08 Å². The topological polar surface area (TPSA) is 80.2 Å². The molecule has 6 heteroatoms. The van der Waals surface area contributed by atoms with Crippen LogP contribution in [0.2, 0.25) is 0 Å². The zero-order valence-corrected chi connectivity index (χ0v) is 26.9. The van der Waals surface area contributed by atoms with E-state index in [-0.39, 0.29) is 24.9 Å². The number of hydrogen-bond donors (Lipinski definition) is 2. The van der Waals surface area contributed by atoms with E-state index in [9.17, 15) is 4.79 Å². The Morgan fingerprint density at radius 3 is 1.96 bits per heavy atom. The number of carbonyl (C=O) groups is 1. The molecule has 6 rings (SSSR count).